The van der Waals surface area contributed by atoms with Gasteiger partial charge in [-0.1, -0.05) is 182 Å². The Labute approximate surface area is 395 Å². The minimum Gasteiger partial charge on any atom is -0.310 e. The number of anilines is 6. The average Bonchev–Trinajstić information content (AvgIpc) is 3.90. The summed E-state index contributed by atoms with van der Waals surface area (Å²) in [4.78, 5) is 4.93. The van der Waals surface area contributed by atoms with Crippen LogP contribution in [0, 0.1) is 0 Å². The average molecular weight is 866 g/mol. The van der Waals surface area contributed by atoms with Crippen LogP contribution in [0.3, 0.4) is 0 Å². The summed E-state index contributed by atoms with van der Waals surface area (Å²) in [5.41, 5.74) is 19.8. The molecule has 11 aromatic carbocycles. The number of hydrogen-bond donors (Lipinski definition) is 0. The fourth-order valence-corrected chi connectivity index (χ4v) is 11.8. The summed E-state index contributed by atoms with van der Waals surface area (Å²) >= 11 is 0. The molecule has 318 valence electrons. The van der Waals surface area contributed by atoms with Gasteiger partial charge in [-0.25, -0.2) is 0 Å². The van der Waals surface area contributed by atoms with Gasteiger partial charge in [0.15, 0.2) is 0 Å². The van der Waals surface area contributed by atoms with E-state index in [2.05, 4.69) is 275 Å². The first-order valence-corrected chi connectivity index (χ1v) is 23.5. The van der Waals surface area contributed by atoms with Gasteiger partial charge in [0.25, 0.3) is 0 Å². The van der Waals surface area contributed by atoms with Gasteiger partial charge in [-0.3, -0.25) is 0 Å². The highest BCUT2D eigenvalue weighted by Gasteiger charge is 2.46. The summed E-state index contributed by atoms with van der Waals surface area (Å²) in [5, 5.41) is 4.93. The first-order chi connectivity index (χ1) is 33.8. The highest BCUT2D eigenvalue weighted by atomic mass is 15.2. The predicted molar refractivity (Wildman–Crippen MR) is 284 cm³/mol. The molecule has 0 unspecified atom stereocenters. The molecule has 12 aromatic rings. The van der Waals surface area contributed by atoms with Crippen molar-refractivity contribution >= 4 is 66.7 Å². The third-order valence-electron chi connectivity index (χ3n) is 14.5. The molecule has 2 heterocycles. The Hall–Kier alpha value is -8.92. The number of hydrogen-bond acceptors (Lipinski definition) is 2. The van der Waals surface area contributed by atoms with E-state index in [0.29, 0.717) is 0 Å². The Morgan fingerprint density at radius 1 is 0.324 bits per heavy atom. The van der Waals surface area contributed by atoms with Crippen LogP contribution in [-0.4, -0.2) is 4.57 Å². The smallest absolute Gasteiger partial charge is 0.0713 e. The Morgan fingerprint density at radius 2 is 0.882 bits per heavy atom. The maximum Gasteiger partial charge on any atom is 0.0713 e. The van der Waals surface area contributed by atoms with Gasteiger partial charge in [-0.15, -0.1) is 0 Å². The summed E-state index contributed by atoms with van der Waals surface area (Å²) in [6.45, 7) is 0. The van der Waals surface area contributed by atoms with Crippen molar-refractivity contribution in [2.75, 3.05) is 9.80 Å². The Bertz CT molecular complexity index is 3870. The van der Waals surface area contributed by atoms with Crippen LogP contribution in [0.5, 0.6) is 0 Å². The van der Waals surface area contributed by atoms with Crippen LogP contribution in [0.25, 0.3) is 60.5 Å². The summed E-state index contributed by atoms with van der Waals surface area (Å²) in [6, 6.07) is 96.2. The molecule has 0 amide bonds. The molecule has 0 radical (unpaired) electrons. The van der Waals surface area contributed by atoms with Crippen molar-refractivity contribution in [3.8, 4) is 27.9 Å². The fraction of sp³-hybridized carbons (Fsp3) is 0.0154. The number of aromatic nitrogens is 1. The molecule has 3 heteroatoms. The summed E-state index contributed by atoms with van der Waals surface area (Å²) in [5.74, 6) is 0. The van der Waals surface area contributed by atoms with Crippen molar-refractivity contribution in [2.24, 2.45) is 0 Å². The molecule has 14 rings (SSSR count). The SMILES string of the molecule is c1ccc(N2c3cc(N(c4ccc5c(c4)-c4ccccc4C5(c4ccccc4)c4ccccc4)c4ccc5c(c4)c4ccccc4n5-c4ccccc4)ccc3-c3cccc4cccc2c34)cc1. The zero-order chi connectivity index (χ0) is 44.8. The van der Waals surface area contributed by atoms with Crippen LogP contribution < -0.4 is 9.80 Å². The van der Waals surface area contributed by atoms with E-state index in [0.717, 1.165) is 34.1 Å². The van der Waals surface area contributed by atoms with Crippen LogP contribution >= 0.6 is 0 Å². The normalized spacial score (nSPS) is 13.1. The van der Waals surface area contributed by atoms with Crippen molar-refractivity contribution in [1.29, 1.82) is 0 Å². The lowest BCUT2D eigenvalue weighted by Crippen LogP contribution is -2.28. The molecule has 2 aliphatic rings. The summed E-state index contributed by atoms with van der Waals surface area (Å²) in [6.07, 6.45) is 0. The van der Waals surface area contributed by atoms with E-state index >= 15 is 0 Å². The second kappa shape index (κ2) is 15.1. The largest absolute Gasteiger partial charge is 0.310 e. The standard InChI is InChI=1S/C65H43N3/c1-5-21-45(22-6-1)65(46-23-7-2-8-24-46)58-32-15-13-29-52(58)56-41-49(36-39-59(56)65)66(50-37-40-61-57(42-50)53-30-14-16-33-60(53)67(61)47-25-9-3-10-26-47)51-35-38-54-55-31-17-19-44-20-18-34-62(64(44)55)68(63(54)43-51)48-27-11-4-12-28-48/h1-43H. The van der Waals surface area contributed by atoms with Crippen molar-refractivity contribution < 1.29 is 0 Å². The van der Waals surface area contributed by atoms with E-state index in [-0.39, 0.29) is 0 Å². The molecule has 1 aliphatic carbocycles. The molecule has 68 heavy (non-hydrogen) atoms. The molecule has 0 spiro atoms. The van der Waals surface area contributed by atoms with E-state index < -0.39 is 5.41 Å². The van der Waals surface area contributed by atoms with Crippen molar-refractivity contribution in [3.05, 3.63) is 283 Å². The third-order valence-corrected chi connectivity index (χ3v) is 14.5. The second-order valence-corrected chi connectivity index (χ2v) is 18.0. The van der Waals surface area contributed by atoms with Gasteiger partial charge < -0.3 is 14.4 Å². The van der Waals surface area contributed by atoms with Gasteiger partial charge in [0, 0.05) is 50.2 Å². The maximum atomic E-state index is 2.48. The summed E-state index contributed by atoms with van der Waals surface area (Å²) in [7, 11) is 0. The van der Waals surface area contributed by atoms with Gasteiger partial charge in [0.2, 0.25) is 0 Å². The minimum absolute atomic E-state index is 0.494. The van der Waals surface area contributed by atoms with Crippen LogP contribution in [-0.2, 0) is 5.41 Å². The molecule has 0 saturated carbocycles. The van der Waals surface area contributed by atoms with E-state index in [4.69, 9.17) is 0 Å². The van der Waals surface area contributed by atoms with Gasteiger partial charge in [0.05, 0.1) is 27.8 Å². The van der Waals surface area contributed by atoms with Crippen LogP contribution in [0.1, 0.15) is 22.3 Å². The first kappa shape index (κ1) is 38.4. The topological polar surface area (TPSA) is 11.4 Å². The van der Waals surface area contributed by atoms with Crippen molar-refractivity contribution in [2.45, 2.75) is 5.41 Å². The number of benzene rings is 11. The zero-order valence-corrected chi connectivity index (χ0v) is 37.2. The van der Waals surface area contributed by atoms with E-state index in [1.165, 1.54) is 82.8 Å². The van der Waals surface area contributed by atoms with Gasteiger partial charge in [-0.2, -0.15) is 0 Å². The molecular formula is C65H43N3. The monoisotopic (exact) mass is 865 g/mol. The third kappa shape index (κ3) is 5.54. The first-order valence-electron chi connectivity index (χ1n) is 23.5. The van der Waals surface area contributed by atoms with Crippen molar-refractivity contribution in [1.82, 2.24) is 4.57 Å². The number of nitrogens with zero attached hydrogens (tertiary/aromatic N) is 3. The predicted octanol–water partition coefficient (Wildman–Crippen LogP) is 17.2. The fourth-order valence-electron chi connectivity index (χ4n) is 11.8. The van der Waals surface area contributed by atoms with E-state index in [1.807, 2.05) is 0 Å². The number of fused-ring (bicyclic) bond motifs is 8. The lowest BCUT2D eigenvalue weighted by molar-refractivity contribution is 0.768. The van der Waals surface area contributed by atoms with E-state index in [9.17, 15) is 0 Å². The van der Waals surface area contributed by atoms with E-state index in [1.54, 1.807) is 0 Å². The number of para-hydroxylation sites is 3. The molecule has 3 nitrogen and oxygen atoms in total. The van der Waals surface area contributed by atoms with Gasteiger partial charge in [0.1, 0.15) is 0 Å². The molecule has 0 fully saturated rings. The highest BCUT2D eigenvalue weighted by molar-refractivity contribution is 6.15. The molecule has 1 aromatic heterocycles. The number of rotatable bonds is 7. The molecule has 1 aliphatic heterocycles. The molecule has 0 atom stereocenters. The molecule has 0 bridgehead atoms. The van der Waals surface area contributed by atoms with Crippen LogP contribution in [0.4, 0.5) is 34.1 Å². The lowest BCUT2D eigenvalue weighted by Gasteiger charge is -2.35. The van der Waals surface area contributed by atoms with Gasteiger partial charge in [-0.05, 0) is 123 Å². The lowest BCUT2D eigenvalue weighted by atomic mass is 9.68. The molecule has 0 saturated heterocycles. The second-order valence-electron chi connectivity index (χ2n) is 18.0. The Kier molecular flexibility index (Phi) is 8.50. The molecular weight excluding hydrogens is 823 g/mol. The Morgan fingerprint density at radius 3 is 1.65 bits per heavy atom. The van der Waals surface area contributed by atoms with Crippen molar-refractivity contribution in [3.63, 3.8) is 0 Å². The minimum atomic E-state index is -0.494. The van der Waals surface area contributed by atoms with Crippen LogP contribution in [0.2, 0.25) is 0 Å². The molecule has 0 N–H and O–H groups in total. The highest BCUT2D eigenvalue weighted by Crippen LogP contribution is 2.58. The quantitative estimate of drug-likeness (QED) is 0.158. The zero-order valence-electron chi connectivity index (χ0n) is 37.2. The maximum absolute atomic E-state index is 2.48. The van der Waals surface area contributed by atoms with Crippen LogP contribution in [0.15, 0.2) is 261 Å². The Balaban J connectivity index is 1.04. The summed E-state index contributed by atoms with van der Waals surface area (Å²) < 4.78 is 2.40. The van der Waals surface area contributed by atoms with Gasteiger partial charge >= 0.3 is 0 Å².